The van der Waals surface area contributed by atoms with Gasteiger partial charge in [0.05, 0.1) is 32.6 Å². The maximum Gasteiger partial charge on any atom is 0.251 e. The lowest BCUT2D eigenvalue weighted by atomic mass is 10.1. The molecule has 2 aromatic carbocycles. The number of aliphatic hydroxyl groups is 1. The molecule has 3 rings (SSSR count). The molecule has 3 aromatic rings. The van der Waals surface area contributed by atoms with Crippen LogP contribution in [0.5, 0.6) is 28.7 Å². The highest BCUT2D eigenvalue weighted by atomic mass is 16.5. The summed E-state index contributed by atoms with van der Waals surface area (Å²) in [6.07, 6.45) is -0.965. The van der Waals surface area contributed by atoms with E-state index in [-0.39, 0.29) is 25.7 Å². The largest absolute Gasteiger partial charge is 0.493 e. The van der Waals surface area contributed by atoms with Gasteiger partial charge in [-0.15, -0.1) is 0 Å². The number of hydrogen-bond acceptors (Lipinski definition) is 9. The molecule has 2 N–H and O–H groups in total. The quantitative estimate of drug-likeness (QED) is 0.398. The Morgan fingerprint density at radius 2 is 1.69 bits per heavy atom. The van der Waals surface area contributed by atoms with Crippen molar-refractivity contribution in [2.75, 3.05) is 34.5 Å². The summed E-state index contributed by atoms with van der Waals surface area (Å²) in [5.74, 6) is 2.51. The van der Waals surface area contributed by atoms with Crippen molar-refractivity contribution in [2.45, 2.75) is 26.6 Å². The molecule has 0 aliphatic heterocycles. The van der Waals surface area contributed by atoms with Crippen LogP contribution < -0.4 is 29.0 Å². The summed E-state index contributed by atoms with van der Waals surface area (Å²) < 4.78 is 32.6. The summed E-state index contributed by atoms with van der Waals surface area (Å²) in [4.78, 5) is 12.6. The molecule has 0 radical (unpaired) electrons. The topological polar surface area (TPSA) is 122 Å². The first-order valence-electron chi connectivity index (χ1n) is 10.9. The van der Waals surface area contributed by atoms with E-state index >= 15 is 0 Å². The van der Waals surface area contributed by atoms with E-state index in [1.807, 2.05) is 13.8 Å². The maximum atomic E-state index is 12.6. The third-order valence-corrected chi connectivity index (χ3v) is 5.28. The predicted molar refractivity (Wildman–Crippen MR) is 127 cm³/mol. The van der Waals surface area contributed by atoms with E-state index in [9.17, 15) is 9.90 Å². The van der Waals surface area contributed by atoms with Crippen LogP contribution in [0.15, 0.2) is 40.9 Å². The Balaban J connectivity index is 1.56. The number of nitrogens with one attached hydrogen (secondary N) is 1. The van der Waals surface area contributed by atoms with Gasteiger partial charge >= 0.3 is 0 Å². The second kappa shape index (κ2) is 12.0. The number of benzene rings is 2. The van der Waals surface area contributed by atoms with Crippen molar-refractivity contribution < 1.29 is 38.1 Å². The zero-order valence-electron chi connectivity index (χ0n) is 20.4. The number of ether oxygens (including phenoxy) is 5. The molecule has 0 fully saturated rings. The molecule has 188 valence electrons. The third-order valence-electron chi connectivity index (χ3n) is 5.28. The maximum absolute atomic E-state index is 12.6. The molecular weight excluding hydrogens is 456 g/mol. The highest BCUT2D eigenvalue weighted by molar-refractivity contribution is 5.94. The smallest absolute Gasteiger partial charge is 0.251 e. The lowest BCUT2D eigenvalue weighted by molar-refractivity contribution is 0.0833. The molecule has 0 aliphatic rings. The summed E-state index contributed by atoms with van der Waals surface area (Å²) >= 11 is 0. The van der Waals surface area contributed by atoms with Gasteiger partial charge in [-0.05, 0) is 44.2 Å². The SMILES string of the molecule is COc1cc(C(=O)NCC(O)COc2c(OC)cccc2OC)ccc1OCc1c(C)noc1C. The van der Waals surface area contributed by atoms with E-state index in [1.165, 1.54) is 21.3 Å². The van der Waals surface area contributed by atoms with Gasteiger partial charge in [0.1, 0.15) is 25.1 Å². The zero-order valence-corrected chi connectivity index (χ0v) is 20.4. The Hall–Kier alpha value is -3.92. The van der Waals surface area contributed by atoms with Crippen molar-refractivity contribution in [3.8, 4) is 28.7 Å². The van der Waals surface area contributed by atoms with Crippen molar-refractivity contribution >= 4 is 5.91 Å². The molecule has 35 heavy (non-hydrogen) atoms. The second-order valence-corrected chi connectivity index (χ2v) is 7.62. The van der Waals surface area contributed by atoms with Gasteiger partial charge < -0.3 is 38.6 Å². The average Bonchev–Trinajstić information content (AvgIpc) is 3.20. The van der Waals surface area contributed by atoms with E-state index < -0.39 is 6.10 Å². The Morgan fingerprint density at radius 3 is 2.29 bits per heavy atom. The van der Waals surface area contributed by atoms with Gasteiger partial charge in [-0.3, -0.25) is 4.79 Å². The predicted octanol–water partition coefficient (Wildman–Crippen LogP) is 3.07. The summed E-state index contributed by atoms with van der Waals surface area (Å²) in [6.45, 7) is 3.81. The average molecular weight is 487 g/mol. The second-order valence-electron chi connectivity index (χ2n) is 7.62. The van der Waals surface area contributed by atoms with Gasteiger partial charge in [-0.25, -0.2) is 0 Å². The number of nitrogens with zero attached hydrogens (tertiary/aromatic N) is 1. The molecular formula is C25H30N2O8. The molecule has 10 nitrogen and oxygen atoms in total. The van der Waals surface area contributed by atoms with Crippen LogP contribution in [0.1, 0.15) is 27.4 Å². The number of aliphatic hydroxyl groups excluding tert-OH is 1. The molecule has 1 amide bonds. The van der Waals surface area contributed by atoms with Crippen LogP contribution >= 0.6 is 0 Å². The lowest BCUT2D eigenvalue weighted by Crippen LogP contribution is -2.35. The number of methoxy groups -OCH3 is 3. The highest BCUT2D eigenvalue weighted by Crippen LogP contribution is 2.36. The molecule has 0 bridgehead atoms. The Bertz CT molecular complexity index is 1100. The van der Waals surface area contributed by atoms with Crippen molar-refractivity contribution in [1.29, 1.82) is 0 Å². The molecule has 10 heteroatoms. The van der Waals surface area contributed by atoms with Gasteiger partial charge in [0.15, 0.2) is 23.0 Å². The third kappa shape index (κ3) is 6.36. The molecule has 1 aromatic heterocycles. The number of carbonyl (C=O) groups is 1. The normalized spacial score (nSPS) is 11.5. The Morgan fingerprint density at radius 1 is 1.00 bits per heavy atom. The van der Waals surface area contributed by atoms with Crippen LogP contribution in [-0.2, 0) is 6.61 Å². The first-order chi connectivity index (χ1) is 16.9. The number of para-hydroxylation sites is 1. The first kappa shape index (κ1) is 25.7. The zero-order chi connectivity index (χ0) is 25.4. The van der Waals surface area contributed by atoms with Gasteiger partial charge in [-0.2, -0.15) is 0 Å². The number of carbonyl (C=O) groups excluding carboxylic acids is 1. The minimum absolute atomic E-state index is 0.0249. The van der Waals surface area contributed by atoms with Crippen LogP contribution in [0.25, 0.3) is 0 Å². The fourth-order valence-corrected chi connectivity index (χ4v) is 3.30. The first-order valence-corrected chi connectivity index (χ1v) is 10.9. The summed E-state index contributed by atoms with van der Waals surface area (Å²) in [6, 6.07) is 10.0. The van der Waals surface area contributed by atoms with E-state index in [1.54, 1.807) is 36.4 Å². The van der Waals surface area contributed by atoms with Crippen molar-refractivity contribution in [3.63, 3.8) is 0 Å². The van der Waals surface area contributed by atoms with E-state index in [0.717, 1.165) is 11.3 Å². The number of rotatable bonds is 12. The molecule has 0 spiro atoms. The molecule has 1 heterocycles. The van der Waals surface area contributed by atoms with Gasteiger partial charge in [0.2, 0.25) is 5.75 Å². The van der Waals surface area contributed by atoms with Crippen LogP contribution in [0.2, 0.25) is 0 Å². The molecule has 0 saturated heterocycles. The van der Waals surface area contributed by atoms with E-state index in [0.29, 0.717) is 40.1 Å². The number of amides is 1. The lowest BCUT2D eigenvalue weighted by Gasteiger charge is -2.17. The fraction of sp³-hybridized carbons (Fsp3) is 0.360. The van der Waals surface area contributed by atoms with Crippen LogP contribution in [0.4, 0.5) is 0 Å². The van der Waals surface area contributed by atoms with Gasteiger partial charge in [0.25, 0.3) is 5.91 Å². The van der Waals surface area contributed by atoms with Gasteiger partial charge in [-0.1, -0.05) is 11.2 Å². The Kier molecular flexibility index (Phi) is 8.80. The molecule has 0 aliphatic carbocycles. The summed E-state index contributed by atoms with van der Waals surface area (Å²) in [7, 11) is 4.52. The van der Waals surface area contributed by atoms with Crippen LogP contribution in [-0.4, -0.2) is 56.8 Å². The standard InChI is InChI=1S/C25H30N2O8/c1-15-19(16(2)35-27-15)14-33-20-10-9-17(11-23(20)32-5)25(29)26-12-18(28)13-34-24-21(30-3)7-6-8-22(24)31-4/h6-11,18,28H,12-14H2,1-5H3,(H,26,29). The molecule has 1 unspecified atom stereocenters. The Labute approximate surface area is 203 Å². The molecule has 1 atom stereocenters. The van der Waals surface area contributed by atoms with Crippen LogP contribution in [0, 0.1) is 13.8 Å². The van der Waals surface area contributed by atoms with Crippen LogP contribution in [0.3, 0.4) is 0 Å². The minimum atomic E-state index is -0.965. The van der Waals surface area contributed by atoms with Crippen molar-refractivity contribution in [3.05, 3.63) is 59.0 Å². The van der Waals surface area contributed by atoms with E-state index in [2.05, 4.69) is 10.5 Å². The van der Waals surface area contributed by atoms with E-state index in [4.69, 9.17) is 28.2 Å². The summed E-state index contributed by atoms with van der Waals surface area (Å²) in [5, 5.41) is 16.9. The number of aryl methyl sites for hydroxylation is 2. The minimum Gasteiger partial charge on any atom is -0.493 e. The highest BCUT2D eigenvalue weighted by Gasteiger charge is 2.17. The fourth-order valence-electron chi connectivity index (χ4n) is 3.30. The summed E-state index contributed by atoms with van der Waals surface area (Å²) in [5.41, 5.74) is 1.96. The monoisotopic (exact) mass is 486 g/mol. The number of hydrogen-bond donors (Lipinski definition) is 2. The van der Waals surface area contributed by atoms with Crippen molar-refractivity contribution in [2.24, 2.45) is 0 Å². The number of aromatic nitrogens is 1. The van der Waals surface area contributed by atoms with Gasteiger partial charge in [0, 0.05) is 12.1 Å². The molecule has 0 saturated carbocycles. The van der Waals surface area contributed by atoms with Crippen molar-refractivity contribution in [1.82, 2.24) is 10.5 Å².